The molecule has 0 radical (unpaired) electrons. The lowest BCUT2D eigenvalue weighted by Crippen LogP contribution is -2.20. The van der Waals surface area contributed by atoms with Crippen molar-refractivity contribution in [2.75, 3.05) is 0 Å². The molecule has 0 unspecified atom stereocenters. The topological polar surface area (TPSA) is 216 Å². The molecule has 8 rings (SSSR count). The summed E-state index contributed by atoms with van der Waals surface area (Å²) in [5, 5.41) is 81.7. The van der Waals surface area contributed by atoms with Gasteiger partial charge in [0.1, 0.15) is 23.1 Å². The first-order chi connectivity index (χ1) is 29.4. The van der Waals surface area contributed by atoms with Crippen LogP contribution in [0.3, 0.4) is 0 Å². The number of aromatic nitrogens is 4. The molecule has 0 aliphatic rings. The molecule has 14 heteroatoms. The second-order valence-corrected chi connectivity index (χ2v) is 16.1. The molecule has 0 aliphatic heterocycles. The van der Waals surface area contributed by atoms with Gasteiger partial charge in [0.2, 0.25) is 0 Å². The highest BCUT2D eigenvalue weighted by atomic mass is 16.3. The van der Waals surface area contributed by atoms with Gasteiger partial charge in [-0.3, -0.25) is 9.59 Å². The summed E-state index contributed by atoms with van der Waals surface area (Å²) < 4.78 is 2.13. The molecule has 0 saturated heterocycles. The van der Waals surface area contributed by atoms with Crippen LogP contribution in [-0.2, 0) is 0 Å². The fourth-order valence-corrected chi connectivity index (χ4v) is 8.60. The maximum atomic E-state index is 13.6. The second kappa shape index (κ2) is 15.1. The first-order valence-corrected chi connectivity index (χ1v) is 20.0. The Hall–Kier alpha value is -7.74. The predicted octanol–water partition coefficient (Wildman–Crippen LogP) is 8.56. The third-order valence-electron chi connectivity index (χ3n) is 11.4. The van der Waals surface area contributed by atoms with Crippen LogP contribution < -0.4 is 11.1 Å². The molecule has 2 heterocycles. The maximum absolute atomic E-state index is 13.6. The molecule has 0 spiro atoms. The summed E-state index contributed by atoms with van der Waals surface area (Å²) in [6.45, 7) is 14.0. The SMILES string of the molecule is Cc1cc2c(C(C)C)c(O)c(O)c(/C=N/n3c(C)nc4ccccc4c3=O)c2c(O)c1-c1c(C)cc2c(C(C)C)c(O)c(O)c(/C=N/n3c(C)nc4ccccc4c3=O)c2c1O. The number of phenolic OH excluding ortho intramolecular Hbond substituents is 6. The summed E-state index contributed by atoms with van der Waals surface area (Å²) in [5.74, 6) is -3.00. The monoisotopic (exact) mass is 832 g/mol. The highest BCUT2D eigenvalue weighted by Gasteiger charge is 2.30. The summed E-state index contributed by atoms with van der Waals surface area (Å²) in [5.41, 5.74) is 1.72. The van der Waals surface area contributed by atoms with Crippen molar-refractivity contribution < 1.29 is 30.6 Å². The van der Waals surface area contributed by atoms with Crippen molar-refractivity contribution in [2.45, 2.75) is 67.2 Å². The fraction of sp³-hybridized carbons (Fsp3) is 0.208. The fourth-order valence-electron chi connectivity index (χ4n) is 8.60. The minimum Gasteiger partial charge on any atom is -0.507 e. The first-order valence-electron chi connectivity index (χ1n) is 20.0. The number of hydrogen-bond acceptors (Lipinski definition) is 12. The molecule has 0 fully saturated rings. The van der Waals surface area contributed by atoms with Gasteiger partial charge < -0.3 is 30.6 Å². The average Bonchev–Trinajstić information content (AvgIpc) is 3.21. The van der Waals surface area contributed by atoms with Crippen LogP contribution in [0.2, 0.25) is 0 Å². The number of para-hydroxylation sites is 2. The molecular weight excluding hydrogens is 789 g/mol. The molecule has 314 valence electrons. The van der Waals surface area contributed by atoms with E-state index < -0.39 is 34.1 Å². The van der Waals surface area contributed by atoms with E-state index in [1.807, 2.05) is 27.7 Å². The smallest absolute Gasteiger partial charge is 0.282 e. The number of benzene rings is 6. The molecular formula is C48H44N6O8. The summed E-state index contributed by atoms with van der Waals surface area (Å²) in [6.07, 6.45) is 2.35. The average molecular weight is 833 g/mol. The van der Waals surface area contributed by atoms with E-state index in [-0.39, 0.29) is 68.0 Å². The van der Waals surface area contributed by atoms with E-state index in [0.717, 1.165) is 9.35 Å². The Kier molecular flexibility index (Phi) is 9.97. The summed E-state index contributed by atoms with van der Waals surface area (Å²) in [6, 6.07) is 17.1. The Labute approximate surface area is 354 Å². The number of fused-ring (bicyclic) bond motifs is 4. The Bertz CT molecular complexity index is 3190. The normalized spacial score (nSPS) is 12.2. The zero-order valence-electron chi connectivity index (χ0n) is 35.3. The molecule has 0 saturated carbocycles. The molecule has 62 heavy (non-hydrogen) atoms. The Morgan fingerprint density at radius 2 is 0.871 bits per heavy atom. The van der Waals surface area contributed by atoms with Crippen LogP contribution in [0.4, 0.5) is 0 Å². The number of phenols is 6. The number of rotatable bonds is 7. The van der Waals surface area contributed by atoms with Crippen LogP contribution >= 0.6 is 0 Å². The largest absolute Gasteiger partial charge is 0.507 e. The van der Waals surface area contributed by atoms with Gasteiger partial charge in [0, 0.05) is 33.0 Å². The van der Waals surface area contributed by atoms with Gasteiger partial charge in [0.15, 0.2) is 23.0 Å². The van der Waals surface area contributed by atoms with Crippen molar-refractivity contribution in [1.29, 1.82) is 0 Å². The highest BCUT2D eigenvalue weighted by molar-refractivity contribution is 6.15. The van der Waals surface area contributed by atoms with Crippen LogP contribution in [0, 0.1) is 27.7 Å². The van der Waals surface area contributed by atoms with E-state index in [1.165, 1.54) is 12.4 Å². The van der Waals surface area contributed by atoms with E-state index in [9.17, 15) is 40.2 Å². The zero-order valence-corrected chi connectivity index (χ0v) is 35.3. The van der Waals surface area contributed by atoms with Gasteiger partial charge in [0.05, 0.1) is 45.4 Å². The van der Waals surface area contributed by atoms with Gasteiger partial charge in [-0.1, -0.05) is 64.1 Å². The number of aromatic hydroxyl groups is 6. The molecule has 2 aromatic heterocycles. The van der Waals surface area contributed by atoms with Crippen molar-refractivity contribution in [3.63, 3.8) is 0 Å². The number of aryl methyl sites for hydroxylation is 4. The lowest BCUT2D eigenvalue weighted by Gasteiger charge is -2.23. The minimum absolute atomic E-state index is 0.0727. The predicted molar refractivity (Wildman–Crippen MR) is 242 cm³/mol. The van der Waals surface area contributed by atoms with Gasteiger partial charge >= 0.3 is 0 Å². The lowest BCUT2D eigenvalue weighted by atomic mass is 9.83. The van der Waals surface area contributed by atoms with E-state index in [0.29, 0.717) is 54.8 Å². The highest BCUT2D eigenvalue weighted by Crippen LogP contribution is 2.54. The summed E-state index contributed by atoms with van der Waals surface area (Å²) in [7, 11) is 0. The summed E-state index contributed by atoms with van der Waals surface area (Å²) in [4.78, 5) is 36.1. The van der Waals surface area contributed by atoms with E-state index in [4.69, 9.17) is 0 Å². The van der Waals surface area contributed by atoms with Gasteiger partial charge in [-0.25, -0.2) is 9.97 Å². The number of hydrogen-bond donors (Lipinski definition) is 6. The Morgan fingerprint density at radius 1 is 0.516 bits per heavy atom. The van der Waals surface area contributed by atoms with Gasteiger partial charge in [-0.2, -0.15) is 19.6 Å². The first kappa shape index (κ1) is 41.0. The van der Waals surface area contributed by atoms with Gasteiger partial charge in [0.25, 0.3) is 11.1 Å². The molecule has 14 nitrogen and oxygen atoms in total. The van der Waals surface area contributed by atoms with Crippen LogP contribution in [0.15, 0.2) is 80.5 Å². The second-order valence-electron chi connectivity index (χ2n) is 16.1. The van der Waals surface area contributed by atoms with E-state index in [2.05, 4.69) is 20.2 Å². The molecule has 8 aromatic rings. The van der Waals surface area contributed by atoms with Crippen LogP contribution in [0.1, 0.15) is 84.6 Å². The van der Waals surface area contributed by atoms with E-state index in [1.54, 1.807) is 88.4 Å². The van der Waals surface area contributed by atoms with E-state index >= 15 is 0 Å². The van der Waals surface area contributed by atoms with Crippen LogP contribution in [-0.4, -0.2) is 62.4 Å². The standard InChI is InChI=1S/C48H44N6O8/c1-21(2)35-29-17-23(5)37(43(57)39(29)31(41(55)45(35)59)19-49-53-25(7)51-33-15-11-9-13-27(33)47(53)61)38-24(6)18-30-36(22(3)4)46(60)42(56)32(40(30)44(38)58)20-50-54-26(8)52-34-16-12-10-14-28(34)48(54)62/h9-22,55-60H,1-8H3/b49-19+,50-20+. The summed E-state index contributed by atoms with van der Waals surface area (Å²) >= 11 is 0. The molecule has 6 N–H and O–H groups in total. The van der Waals surface area contributed by atoms with Crippen molar-refractivity contribution >= 4 is 55.8 Å². The van der Waals surface area contributed by atoms with Crippen LogP contribution in [0.5, 0.6) is 34.5 Å². The molecule has 6 aromatic carbocycles. The zero-order chi connectivity index (χ0) is 44.6. The molecule has 0 amide bonds. The van der Waals surface area contributed by atoms with Gasteiger partial charge in [-0.05, 0) is 85.7 Å². The molecule has 0 atom stereocenters. The molecule has 0 bridgehead atoms. The third-order valence-corrected chi connectivity index (χ3v) is 11.4. The minimum atomic E-state index is -0.594. The Balaban J connectivity index is 1.43. The Morgan fingerprint density at radius 3 is 1.23 bits per heavy atom. The van der Waals surface area contributed by atoms with Crippen LogP contribution in [0.25, 0.3) is 54.5 Å². The van der Waals surface area contributed by atoms with Gasteiger partial charge in [-0.15, -0.1) is 0 Å². The number of nitrogens with zero attached hydrogens (tertiary/aromatic N) is 6. The van der Waals surface area contributed by atoms with Crippen molar-refractivity contribution in [3.05, 3.63) is 126 Å². The van der Waals surface area contributed by atoms with Crippen molar-refractivity contribution in [1.82, 2.24) is 19.3 Å². The van der Waals surface area contributed by atoms with Crippen molar-refractivity contribution in [2.24, 2.45) is 10.2 Å². The lowest BCUT2D eigenvalue weighted by molar-refractivity contribution is 0.398. The van der Waals surface area contributed by atoms with Crippen molar-refractivity contribution in [3.8, 4) is 45.6 Å². The quantitative estimate of drug-likeness (QED) is 0.0664. The maximum Gasteiger partial charge on any atom is 0.282 e. The molecule has 0 aliphatic carbocycles. The third kappa shape index (κ3) is 6.25.